The Kier molecular flexibility index (Phi) is 5.97. The molecule has 1 rings (SSSR count). The highest BCUT2D eigenvalue weighted by atomic mass is 32.2. The molecule has 1 unspecified atom stereocenters. The van der Waals surface area contributed by atoms with Crippen molar-refractivity contribution in [3.8, 4) is 5.75 Å². The Morgan fingerprint density at radius 1 is 1.30 bits per heavy atom. The Morgan fingerprint density at radius 3 is 2.35 bits per heavy atom. The highest BCUT2D eigenvalue weighted by Gasteiger charge is 2.20. The molecule has 0 spiro atoms. The lowest BCUT2D eigenvalue weighted by molar-refractivity contribution is -0.137. The molecule has 0 bridgehead atoms. The first kappa shape index (κ1) is 16.5. The van der Waals surface area contributed by atoms with Crippen LogP contribution in [0.5, 0.6) is 5.75 Å². The molecule has 0 radical (unpaired) electrons. The van der Waals surface area contributed by atoms with Gasteiger partial charge in [-0.25, -0.2) is 13.1 Å². The first-order chi connectivity index (χ1) is 9.39. The van der Waals surface area contributed by atoms with Crippen molar-refractivity contribution in [1.29, 1.82) is 0 Å². The summed E-state index contributed by atoms with van der Waals surface area (Å²) in [6.07, 6.45) is 0.162. The number of sulfonamides is 1. The predicted octanol–water partition coefficient (Wildman–Crippen LogP) is 1.62. The summed E-state index contributed by atoms with van der Waals surface area (Å²) >= 11 is 0. The van der Waals surface area contributed by atoms with Crippen LogP contribution in [0.2, 0.25) is 0 Å². The number of aliphatic carboxylic acids is 1. The number of hydrogen-bond donors (Lipinski definition) is 2. The van der Waals surface area contributed by atoms with Crippen LogP contribution in [0.25, 0.3) is 0 Å². The zero-order valence-electron chi connectivity index (χ0n) is 11.5. The number of ether oxygens (including phenoxy) is 1. The van der Waals surface area contributed by atoms with Crippen LogP contribution < -0.4 is 9.46 Å². The van der Waals surface area contributed by atoms with E-state index in [9.17, 15) is 13.2 Å². The Labute approximate surface area is 118 Å². The summed E-state index contributed by atoms with van der Waals surface area (Å²) in [5.74, 6) is -0.449. The number of nitrogens with one attached hydrogen (secondary N) is 1. The average Bonchev–Trinajstić information content (AvgIpc) is 2.38. The fraction of sp³-hybridized carbons (Fsp3) is 0.462. The molecule has 0 amide bonds. The van der Waals surface area contributed by atoms with Crippen LogP contribution in [0.1, 0.15) is 26.7 Å². The van der Waals surface area contributed by atoms with Crippen molar-refractivity contribution in [2.24, 2.45) is 0 Å². The molecule has 6 nitrogen and oxygen atoms in total. The van der Waals surface area contributed by atoms with Gasteiger partial charge < -0.3 is 9.84 Å². The van der Waals surface area contributed by atoms with Gasteiger partial charge in [-0.15, -0.1) is 0 Å². The number of carbonyl (C=O) groups is 1. The van der Waals surface area contributed by atoms with Crippen molar-refractivity contribution in [3.05, 3.63) is 24.3 Å². The molecular weight excluding hydrogens is 282 g/mol. The summed E-state index contributed by atoms with van der Waals surface area (Å²) in [6, 6.07) is 5.37. The van der Waals surface area contributed by atoms with Crippen LogP contribution in [0, 0.1) is 0 Å². The third-order valence-corrected chi connectivity index (χ3v) is 4.22. The van der Waals surface area contributed by atoms with Gasteiger partial charge in [0.2, 0.25) is 10.0 Å². The Hall–Kier alpha value is -1.60. The number of hydrogen-bond acceptors (Lipinski definition) is 4. The monoisotopic (exact) mass is 301 g/mol. The lowest BCUT2D eigenvalue weighted by Crippen LogP contribution is -2.35. The number of carboxylic acid groups (broad SMARTS) is 1. The van der Waals surface area contributed by atoms with Crippen LogP contribution in [0.4, 0.5) is 0 Å². The zero-order chi connectivity index (χ0) is 15.2. The second kappa shape index (κ2) is 7.25. The predicted molar refractivity (Wildman–Crippen MR) is 74.3 cm³/mol. The number of carboxylic acids is 1. The minimum absolute atomic E-state index is 0.0878. The largest absolute Gasteiger partial charge is 0.494 e. The smallest absolute Gasteiger partial charge is 0.304 e. The van der Waals surface area contributed by atoms with Gasteiger partial charge in [-0.2, -0.15) is 0 Å². The molecule has 0 heterocycles. The van der Waals surface area contributed by atoms with Gasteiger partial charge in [-0.3, -0.25) is 4.79 Å². The lowest BCUT2D eigenvalue weighted by atomic mass is 10.2. The zero-order valence-corrected chi connectivity index (χ0v) is 12.3. The maximum Gasteiger partial charge on any atom is 0.304 e. The van der Waals surface area contributed by atoms with Crippen molar-refractivity contribution < 1.29 is 23.1 Å². The minimum Gasteiger partial charge on any atom is -0.494 e. The first-order valence-corrected chi connectivity index (χ1v) is 7.84. The van der Waals surface area contributed by atoms with E-state index < -0.39 is 22.0 Å². The standard InChI is InChI=1S/C13H19NO5S/c1-3-10(9-13(15)16)14-20(17,18)12-7-5-11(6-8-12)19-4-2/h5-8,10,14H,3-4,9H2,1-2H3,(H,15,16). The van der Waals surface area contributed by atoms with Crippen LogP contribution in [-0.4, -0.2) is 32.1 Å². The molecule has 0 aliphatic rings. The molecule has 1 aromatic carbocycles. The van der Waals surface area contributed by atoms with E-state index in [0.717, 1.165) is 0 Å². The molecule has 0 aliphatic carbocycles. The summed E-state index contributed by atoms with van der Waals surface area (Å²) < 4.78 is 31.8. The van der Waals surface area contributed by atoms with E-state index in [4.69, 9.17) is 9.84 Å². The molecule has 0 saturated carbocycles. The third-order valence-electron chi connectivity index (χ3n) is 2.68. The van der Waals surface area contributed by atoms with Crippen molar-refractivity contribution >= 4 is 16.0 Å². The third kappa shape index (κ3) is 4.82. The van der Waals surface area contributed by atoms with Gasteiger partial charge in [0, 0.05) is 6.04 Å². The van der Waals surface area contributed by atoms with E-state index in [1.807, 2.05) is 6.92 Å². The molecule has 1 atom stereocenters. The summed E-state index contributed by atoms with van der Waals surface area (Å²) in [4.78, 5) is 10.7. The van der Waals surface area contributed by atoms with Crippen molar-refractivity contribution in [2.45, 2.75) is 37.6 Å². The fourth-order valence-corrected chi connectivity index (χ4v) is 2.97. The first-order valence-electron chi connectivity index (χ1n) is 6.36. The van der Waals surface area contributed by atoms with Gasteiger partial charge in [0.05, 0.1) is 17.9 Å². The van der Waals surface area contributed by atoms with Gasteiger partial charge in [0.25, 0.3) is 0 Å². The molecule has 0 fully saturated rings. The summed E-state index contributed by atoms with van der Waals surface area (Å²) in [7, 11) is -3.72. The van der Waals surface area contributed by atoms with E-state index in [1.165, 1.54) is 12.1 Å². The summed E-state index contributed by atoms with van der Waals surface area (Å²) in [5.41, 5.74) is 0. The molecular formula is C13H19NO5S. The van der Waals surface area contributed by atoms with Crippen molar-refractivity contribution in [2.75, 3.05) is 6.61 Å². The fourth-order valence-electron chi connectivity index (χ4n) is 1.65. The molecule has 2 N–H and O–H groups in total. The van der Waals surface area contributed by atoms with Crippen LogP contribution in [0.15, 0.2) is 29.2 Å². The molecule has 20 heavy (non-hydrogen) atoms. The minimum atomic E-state index is -3.72. The van der Waals surface area contributed by atoms with Gasteiger partial charge in [0.15, 0.2) is 0 Å². The summed E-state index contributed by atoms with van der Waals surface area (Å²) in [6.45, 7) is 4.07. The van der Waals surface area contributed by atoms with E-state index in [0.29, 0.717) is 18.8 Å². The maximum atomic E-state index is 12.1. The highest BCUT2D eigenvalue weighted by Crippen LogP contribution is 2.16. The van der Waals surface area contributed by atoms with E-state index in [-0.39, 0.29) is 11.3 Å². The molecule has 7 heteroatoms. The molecule has 0 aromatic heterocycles. The van der Waals surface area contributed by atoms with Crippen LogP contribution in [0.3, 0.4) is 0 Å². The highest BCUT2D eigenvalue weighted by molar-refractivity contribution is 7.89. The average molecular weight is 301 g/mol. The van der Waals surface area contributed by atoms with Crippen LogP contribution in [-0.2, 0) is 14.8 Å². The van der Waals surface area contributed by atoms with Gasteiger partial charge >= 0.3 is 5.97 Å². The van der Waals surface area contributed by atoms with Gasteiger partial charge in [-0.1, -0.05) is 6.92 Å². The maximum absolute atomic E-state index is 12.1. The molecule has 0 saturated heterocycles. The second-order valence-corrected chi connectivity index (χ2v) is 5.94. The van der Waals surface area contributed by atoms with Crippen molar-refractivity contribution in [1.82, 2.24) is 4.72 Å². The quantitative estimate of drug-likeness (QED) is 0.761. The SMILES string of the molecule is CCOc1ccc(S(=O)(=O)NC(CC)CC(=O)O)cc1. The topological polar surface area (TPSA) is 92.7 Å². The van der Waals surface area contributed by atoms with Crippen LogP contribution >= 0.6 is 0 Å². The Balaban J connectivity index is 2.84. The lowest BCUT2D eigenvalue weighted by Gasteiger charge is -2.15. The summed E-state index contributed by atoms with van der Waals surface area (Å²) in [5, 5.41) is 8.73. The Morgan fingerprint density at radius 2 is 1.90 bits per heavy atom. The molecule has 112 valence electrons. The van der Waals surface area contributed by atoms with E-state index in [1.54, 1.807) is 19.1 Å². The molecule has 0 aliphatic heterocycles. The Bertz CT molecular complexity index is 538. The van der Waals surface area contributed by atoms with Gasteiger partial charge in [-0.05, 0) is 37.6 Å². The van der Waals surface area contributed by atoms with Gasteiger partial charge in [0.1, 0.15) is 5.75 Å². The van der Waals surface area contributed by atoms with E-state index >= 15 is 0 Å². The number of benzene rings is 1. The number of rotatable bonds is 8. The normalized spacial score (nSPS) is 12.9. The van der Waals surface area contributed by atoms with E-state index in [2.05, 4.69) is 4.72 Å². The van der Waals surface area contributed by atoms with Crippen molar-refractivity contribution in [3.63, 3.8) is 0 Å². The molecule has 1 aromatic rings. The second-order valence-electron chi connectivity index (χ2n) is 4.23.